The molecule has 0 spiro atoms. The highest BCUT2D eigenvalue weighted by Crippen LogP contribution is 2.33. The van der Waals surface area contributed by atoms with Gasteiger partial charge in [0.2, 0.25) is 16.0 Å². The number of hydrogen-bond acceptors (Lipinski definition) is 8. The van der Waals surface area contributed by atoms with Gasteiger partial charge in [0.25, 0.3) is 0 Å². The Morgan fingerprint density at radius 2 is 1.77 bits per heavy atom. The Labute approximate surface area is 234 Å². The van der Waals surface area contributed by atoms with Crippen LogP contribution in [0.25, 0.3) is 11.0 Å². The first-order valence-corrected chi connectivity index (χ1v) is 15.2. The lowest BCUT2D eigenvalue weighted by atomic mass is 10.2. The number of piperazine rings is 1. The summed E-state index contributed by atoms with van der Waals surface area (Å²) in [6.07, 6.45) is 1.76. The number of hydrogen-bond donors (Lipinski definition) is 3. The standard InChI is InChI=1S/C28H35FN8O2S/c1-4-35-15-17-36(18-16-35)24-12-11-20(19-22(24)29)31-28-33-26-21(13-14-30-26)27(34-28)32-23-9-7-8-10-25(23)37(5-2)40(38,39)6-3/h7-14,19H,4-6,15-18H2,1-3H3,(H3,30,31,32,33,34). The van der Waals surface area contributed by atoms with Crippen LogP contribution in [0.4, 0.5) is 38.9 Å². The third kappa shape index (κ3) is 5.68. The average molecular weight is 567 g/mol. The summed E-state index contributed by atoms with van der Waals surface area (Å²) in [6.45, 7) is 10.3. The number of aromatic nitrogens is 3. The van der Waals surface area contributed by atoms with Gasteiger partial charge in [-0.1, -0.05) is 19.1 Å². The van der Waals surface area contributed by atoms with Crippen LogP contribution in [0.3, 0.4) is 0 Å². The number of anilines is 6. The van der Waals surface area contributed by atoms with Gasteiger partial charge in [0.15, 0.2) is 0 Å². The van der Waals surface area contributed by atoms with Crippen molar-refractivity contribution in [1.82, 2.24) is 19.9 Å². The number of likely N-dealkylation sites (N-methyl/N-ethyl adjacent to an activating group) is 1. The Bertz CT molecular complexity index is 1580. The topological polar surface area (TPSA) is 109 Å². The molecular formula is C28H35FN8O2S. The molecule has 2 aromatic carbocycles. The molecule has 10 nitrogen and oxygen atoms in total. The SMILES string of the molecule is CCN1CCN(c2ccc(Nc3nc(Nc4ccccc4N(CC)S(=O)(=O)CC)c4cc[nH]c4n3)cc2F)CC1. The van der Waals surface area contributed by atoms with E-state index in [1.165, 1.54) is 10.4 Å². The number of para-hydroxylation sites is 2. The quantitative estimate of drug-likeness (QED) is 0.249. The minimum Gasteiger partial charge on any atom is -0.367 e. The molecule has 3 heterocycles. The molecule has 2 aromatic heterocycles. The maximum atomic E-state index is 15.2. The molecule has 1 saturated heterocycles. The van der Waals surface area contributed by atoms with Crippen molar-refractivity contribution in [3.63, 3.8) is 0 Å². The van der Waals surface area contributed by atoms with Gasteiger partial charge in [0, 0.05) is 44.6 Å². The largest absolute Gasteiger partial charge is 0.367 e. The highest BCUT2D eigenvalue weighted by atomic mass is 32.2. The molecule has 12 heteroatoms. The van der Waals surface area contributed by atoms with Crippen molar-refractivity contribution in [2.75, 3.05) is 64.9 Å². The molecule has 4 aromatic rings. The van der Waals surface area contributed by atoms with Crippen molar-refractivity contribution in [1.29, 1.82) is 0 Å². The maximum absolute atomic E-state index is 15.2. The van der Waals surface area contributed by atoms with E-state index >= 15 is 4.39 Å². The smallest absolute Gasteiger partial charge is 0.234 e. The van der Waals surface area contributed by atoms with Crippen molar-refractivity contribution in [2.45, 2.75) is 20.8 Å². The fourth-order valence-electron chi connectivity index (χ4n) is 4.96. The van der Waals surface area contributed by atoms with Crippen molar-refractivity contribution >= 4 is 55.6 Å². The summed E-state index contributed by atoms with van der Waals surface area (Å²) >= 11 is 0. The van der Waals surface area contributed by atoms with Gasteiger partial charge in [-0.25, -0.2) is 12.8 Å². The van der Waals surface area contributed by atoms with E-state index in [1.807, 2.05) is 24.3 Å². The Kier molecular flexibility index (Phi) is 8.08. The monoisotopic (exact) mass is 566 g/mol. The van der Waals surface area contributed by atoms with Crippen LogP contribution < -0.4 is 19.8 Å². The molecular weight excluding hydrogens is 531 g/mol. The lowest BCUT2D eigenvalue weighted by molar-refractivity contribution is 0.270. The van der Waals surface area contributed by atoms with Gasteiger partial charge < -0.3 is 25.4 Å². The summed E-state index contributed by atoms with van der Waals surface area (Å²) in [5.41, 5.74) is 2.81. The molecule has 3 N–H and O–H groups in total. The Hall–Kier alpha value is -3.90. The summed E-state index contributed by atoms with van der Waals surface area (Å²) in [5.74, 6) is 0.437. The lowest BCUT2D eigenvalue weighted by Gasteiger charge is -2.35. The fraction of sp³-hybridized carbons (Fsp3) is 0.357. The van der Waals surface area contributed by atoms with Crippen LogP contribution in [-0.4, -0.2) is 73.3 Å². The molecule has 0 aliphatic carbocycles. The second-order valence-corrected chi connectivity index (χ2v) is 11.7. The second kappa shape index (κ2) is 11.7. The van der Waals surface area contributed by atoms with Crippen molar-refractivity contribution in [3.8, 4) is 0 Å². The van der Waals surface area contributed by atoms with Crippen molar-refractivity contribution in [3.05, 3.63) is 60.5 Å². The van der Waals surface area contributed by atoms with Crippen LogP contribution in [0, 0.1) is 5.82 Å². The number of benzene rings is 2. The number of fused-ring (bicyclic) bond motifs is 1. The summed E-state index contributed by atoms with van der Waals surface area (Å²) in [4.78, 5) is 16.8. The predicted molar refractivity (Wildman–Crippen MR) is 160 cm³/mol. The van der Waals surface area contributed by atoms with E-state index in [2.05, 4.69) is 42.3 Å². The molecule has 5 rings (SSSR count). The van der Waals surface area contributed by atoms with Crippen LogP contribution in [0.1, 0.15) is 20.8 Å². The van der Waals surface area contributed by atoms with Gasteiger partial charge in [-0.2, -0.15) is 9.97 Å². The first kappa shape index (κ1) is 27.7. The van der Waals surface area contributed by atoms with Crippen LogP contribution in [0.15, 0.2) is 54.7 Å². The molecule has 1 aliphatic rings. The van der Waals surface area contributed by atoms with Gasteiger partial charge in [0.05, 0.1) is 28.2 Å². The van der Waals surface area contributed by atoms with E-state index < -0.39 is 10.0 Å². The van der Waals surface area contributed by atoms with Crippen LogP contribution in [-0.2, 0) is 10.0 Å². The molecule has 0 amide bonds. The molecule has 0 saturated carbocycles. The minimum atomic E-state index is -3.48. The van der Waals surface area contributed by atoms with Crippen LogP contribution in [0.2, 0.25) is 0 Å². The zero-order valence-electron chi connectivity index (χ0n) is 23.0. The first-order chi connectivity index (χ1) is 19.3. The molecule has 1 fully saturated rings. The molecule has 40 heavy (non-hydrogen) atoms. The number of halogens is 1. The number of aromatic amines is 1. The fourth-order valence-corrected chi connectivity index (χ4v) is 6.13. The number of nitrogens with one attached hydrogen (secondary N) is 3. The number of sulfonamides is 1. The maximum Gasteiger partial charge on any atom is 0.234 e. The van der Waals surface area contributed by atoms with E-state index in [0.29, 0.717) is 40.8 Å². The minimum absolute atomic E-state index is 0.0108. The molecule has 212 valence electrons. The summed E-state index contributed by atoms with van der Waals surface area (Å²) < 4.78 is 42.1. The molecule has 0 bridgehead atoms. The third-order valence-electron chi connectivity index (χ3n) is 7.19. The van der Waals surface area contributed by atoms with E-state index in [-0.39, 0.29) is 17.5 Å². The van der Waals surface area contributed by atoms with E-state index in [4.69, 9.17) is 0 Å². The predicted octanol–water partition coefficient (Wildman–Crippen LogP) is 4.90. The van der Waals surface area contributed by atoms with E-state index in [1.54, 1.807) is 38.2 Å². The lowest BCUT2D eigenvalue weighted by Crippen LogP contribution is -2.46. The highest BCUT2D eigenvalue weighted by molar-refractivity contribution is 7.92. The molecule has 1 aliphatic heterocycles. The molecule has 0 unspecified atom stereocenters. The van der Waals surface area contributed by atoms with Crippen LogP contribution >= 0.6 is 0 Å². The van der Waals surface area contributed by atoms with Gasteiger partial charge in [-0.15, -0.1) is 0 Å². The van der Waals surface area contributed by atoms with Gasteiger partial charge in [-0.05, 0) is 56.8 Å². The summed E-state index contributed by atoms with van der Waals surface area (Å²) in [5, 5.41) is 7.17. The third-order valence-corrected chi connectivity index (χ3v) is 9.05. The Morgan fingerprint density at radius 1 is 1.00 bits per heavy atom. The number of H-pyrrole nitrogens is 1. The van der Waals surface area contributed by atoms with Gasteiger partial charge in [0.1, 0.15) is 17.3 Å². The van der Waals surface area contributed by atoms with Gasteiger partial charge in [-0.3, -0.25) is 4.31 Å². The van der Waals surface area contributed by atoms with Crippen LogP contribution in [0.5, 0.6) is 0 Å². The average Bonchev–Trinajstić information content (AvgIpc) is 3.43. The van der Waals surface area contributed by atoms with E-state index in [0.717, 1.165) is 38.1 Å². The zero-order chi connectivity index (χ0) is 28.3. The van der Waals surface area contributed by atoms with Gasteiger partial charge >= 0.3 is 0 Å². The van der Waals surface area contributed by atoms with E-state index in [9.17, 15) is 8.42 Å². The molecule has 0 radical (unpaired) electrons. The zero-order valence-corrected chi connectivity index (χ0v) is 23.8. The summed E-state index contributed by atoms with van der Waals surface area (Å²) in [7, 11) is -3.48. The highest BCUT2D eigenvalue weighted by Gasteiger charge is 2.22. The normalized spacial score (nSPS) is 14.4. The molecule has 0 atom stereocenters. The first-order valence-electron chi connectivity index (χ1n) is 13.6. The summed E-state index contributed by atoms with van der Waals surface area (Å²) in [6, 6.07) is 14.1. The Morgan fingerprint density at radius 3 is 2.48 bits per heavy atom. The number of rotatable bonds is 10. The number of nitrogens with zero attached hydrogens (tertiary/aromatic N) is 5. The van der Waals surface area contributed by atoms with Crippen molar-refractivity contribution < 1.29 is 12.8 Å². The van der Waals surface area contributed by atoms with Crippen molar-refractivity contribution in [2.24, 2.45) is 0 Å². The second-order valence-electron chi connectivity index (χ2n) is 9.56. The Balaban J connectivity index is 1.42.